The van der Waals surface area contributed by atoms with Gasteiger partial charge in [0, 0.05) is 11.1 Å². The molecule has 3 heterocycles. The zero-order valence-corrected chi connectivity index (χ0v) is 39.0. The number of aromatic nitrogens is 1. The summed E-state index contributed by atoms with van der Waals surface area (Å²) in [7, 11) is 0. The van der Waals surface area contributed by atoms with E-state index in [-0.39, 0.29) is 22.9 Å². The van der Waals surface area contributed by atoms with Gasteiger partial charge in [0.1, 0.15) is 33.9 Å². The van der Waals surface area contributed by atoms with Crippen LogP contribution in [0.4, 0.5) is 5.13 Å². The maximum Gasteiger partial charge on any atom is 0.356 e. The molecule has 12 nitrogen and oxygen atoms in total. The van der Waals surface area contributed by atoms with Crippen molar-refractivity contribution in [1.82, 2.24) is 15.2 Å². The minimum atomic E-state index is -1.10. The van der Waals surface area contributed by atoms with Crippen molar-refractivity contribution in [3.8, 4) is 12.3 Å². The molecule has 2 aliphatic rings. The van der Waals surface area contributed by atoms with Gasteiger partial charge in [-0.2, -0.15) is 0 Å². The first-order valence-corrected chi connectivity index (χ1v) is 23.6. The van der Waals surface area contributed by atoms with Crippen molar-refractivity contribution in [3.05, 3.63) is 214 Å². The van der Waals surface area contributed by atoms with Crippen LogP contribution in [-0.4, -0.2) is 68.7 Å². The summed E-state index contributed by atoms with van der Waals surface area (Å²) < 4.78 is 11.6. The van der Waals surface area contributed by atoms with Gasteiger partial charge in [-0.1, -0.05) is 163 Å². The highest BCUT2D eigenvalue weighted by Crippen LogP contribution is 2.43. The van der Waals surface area contributed by atoms with E-state index >= 15 is 0 Å². The summed E-state index contributed by atoms with van der Waals surface area (Å²) in [6.45, 7) is 4.56. The van der Waals surface area contributed by atoms with Gasteiger partial charge < -0.3 is 24.9 Å². The number of benzene rings is 5. The number of oxime groups is 1. The molecule has 0 radical (unpaired) electrons. The smallest absolute Gasteiger partial charge is 0.356 e. The van der Waals surface area contributed by atoms with E-state index in [1.54, 1.807) is 32.2 Å². The molecule has 0 unspecified atom stereocenters. The van der Waals surface area contributed by atoms with Gasteiger partial charge in [0.2, 0.25) is 6.61 Å². The van der Waals surface area contributed by atoms with E-state index in [1.807, 2.05) is 152 Å². The Labute approximate surface area is 403 Å². The molecule has 342 valence electrons. The number of fused-ring (bicyclic) bond motifs is 1. The fourth-order valence-corrected chi connectivity index (χ4v) is 10.0. The number of ether oxygens (including phenoxy) is 2. The van der Waals surface area contributed by atoms with Crippen molar-refractivity contribution in [2.45, 2.75) is 49.4 Å². The molecule has 1 saturated heterocycles. The number of β-lactam (4-membered cyclic amide) rings is 1. The van der Waals surface area contributed by atoms with Crippen molar-refractivity contribution in [2.75, 3.05) is 17.7 Å². The Balaban J connectivity index is 1.09. The van der Waals surface area contributed by atoms with Crippen LogP contribution in [0.3, 0.4) is 0 Å². The van der Waals surface area contributed by atoms with Crippen LogP contribution in [0, 0.1) is 12.3 Å². The maximum atomic E-state index is 14.5. The second kappa shape index (κ2) is 20.8. The first-order valence-electron chi connectivity index (χ1n) is 21.7. The number of anilines is 1. The number of nitrogens with zero attached hydrogens (tertiary/aromatic N) is 3. The Hall–Kier alpha value is -7.73. The molecule has 5 aromatic carbocycles. The minimum Gasteiger partial charge on any atom is -0.457 e. The third-order valence-corrected chi connectivity index (χ3v) is 13.0. The highest BCUT2D eigenvalue weighted by atomic mass is 32.2. The average Bonchev–Trinajstić information content (AvgIpc) is 3.82. The highest BCUT2D eigenvalue weighted by Gasteiger charge is 2.55. The largest absolute Gasteiger partial charge is 0.457 e. The molecule has 0 bridgehead atoms. The fraction of sp³-hybridized carbons (Fsp3) is 0.185. The van der Waals surface area contributed by atoms with E-state index < -0.39 is 59.0 Å². The van der Waals surface area contributed by atoms with E-state index in [2.05, 4.69) is 21.7 Å². The van der Waals surface area contributed by atoms with Crippen molar-refractivity contribution >= 4 is 57.7 Å². The Morgan fingerprint density at radius 1 is 0.838 bits per heavy atom. The average molecular weight is 942 g/mol. The standard InChI is InChI=1S/C54H47N5O7S2/c1-5-6-22-38-34-67-50-45(49(62)59(50)46(38)51(63)65-47(36-23-12-7-13-24-36)37-25-14-8-15-26-37)56-48(61)44(58-64-33-43(60)66-53(2,3)4)42-35-68-52(55-42)57-54(39-27-16-9-17-28-39,40-29-18-10-19-30-40)41-31-20-11-21-32-41/h1,6-32,35,45,47,50H,33-34H2,2-4H3,(H,55,57)(H,56,61)/t45-,50-/m1/s1. The Morgan fingerprint density at radius 2 is 1.37 bits per heavy atom. The number of allylic oxidation sites excluding steroid dienone is 2. The third kappa shape index (κ3) is 10.3. The molecule has 2 amide bonds. The third-order valence-electron chi connectivity index (χ3n) is 10.9. The summed E-state index contributed by atoms with van der Waals surface area (Å²) in [5.74, 6) is -0.0628. The predicted octanol–water partition coefficient (Wildman–Crippen LogP) is 8.79. The molecule has 14 heteroatoms. The van der Waals surface area contributed by atoms with Crippen LogP contribution in [0.25, 0.3) is 0 Å². The van der Waals surface area contributed by atoms with Gasteiger partial charge in [-0.3, -0.25) is 14.5 Å². The first kappa shape index (κ1) is 46.8. The van der Waals surface area contributed by atoms with Crippen LogP contribution in [0.15, 0.2) is 186 Å². The summed E-state index contributed by atoms with van der Waals surface area (Å²) in [6.07, 6.45) is 7.86. The molecule has 8 rings (SSSR count). The molecule has 68 heavy (non-hydrogen) atoms. The molecule has 0 saturated carbocycles. The zero-order valence-electron chi connectivity index (χ0n) is 37.4. The van der Waals surface area contributed by atoms with Crippen molar-refractivity contribution in [2.24, 2.45) is 5.16 Å². The minimum absolute atomic E-state index is 0.0242. The van der Waals surface area contributed by atoms with Gasteiger partial charge in [0.15, 0.2) is 16.9 Å². The molecule has 2 N–H and O–H groups in total. The Morgan fingerprint density at radius 3 is 1.88 bits per heavy atom. The number of thioether (sulfide) groups is 1. The summed E-state index contributed by atoms with van der Waals surface area (Å²) in [4.78, 5) is 67.6. The van der Waals surface area contributed by atoms with E-state index in [4.69, 9.17) is 25.7 Å². The van der Waals surface area contributed by atoms with Crippen LogP contribution in [0.1, 0.15) is 60.4 Å². The number of carbonyl (C=O) groups is 4. The number of amides is 2. The molecule has 0 aliphatic carbocycles. The van der Waals surface area contributed by atoms with E-state index in [1.165, 1.54) is 34.1 Å². The lowest BCUT2D eigenvalue weighted by molar-refractivity contribution is -0.160. The van der Waals surface area contributed by atoms with Crippen molar-refractivity contribution in [1.29, 1.82) is 0 Å². The SMILES string of the molecule is C#CC=CC1=C(C(=O)OC(c2ccccc2)c2ccccc2)N2C(=O)[C@@H](NC(=O)C(=NOCC(=O)OC(C)(C)C)c3csc(NC(c4ccccc4)(c4ccccc4)c4ccccc4)n3)[C@H]2SC1. The number of rotatable bonds is 16. The number of esters is 2. The Kier molecular flexibility index (Phi) is 14.3. The van der Waals surface area contributed by atoms with Crippen LogP contribution >= 0.6 is 23.1 Å². The van der Waals surface area contributed by atoms with Gasteiger partial charge in [-0.25, -0.2) is 14.6 Å². The van der Waals surface area contributed by atoms with Crippen molar-refractivity contribution < 1.29 is 33.5 Å². The molecule has 6 aromatic rings. The first-order chi connectivity index (χ1) is 33.0. The summed E-state index contributed by atoms with van der Waals surface area (Å²) in [5, 5.41) is 12.0. The normalized spacial score (nSPS) is 16.1. The molecule has 0 spiro atoms. The molecule has 2 atom stereocenters. The number of carbonyl (C=O) groups excluding carboxylic acids is 4. The van der Waals surface area contributed by atoms with Crippen LogP contribution in [0.5, 0.6) is 0 Å². The fourth-order valence-electron chi connectivity index (χ4n) is 7.97. The lowest BCUT2D eigenvalue weighted by Crippen LogP contribution is -2.71. The van der Waals surface area contributed by atoms with Gasteiger partial charge in [-0.05, 0) is 66.3 Å². The maximum absolute atomic E-state index is 14.5. The summed E-state index contributed by atoms with van der Waals surface area (Å²) in [5.41, 5.74) is 2.88. The van der Waals surface area contributed by atoms with E-state index in [0.717, 1.165) is 27.8 Å². The molecular formula is C54H47N5O7S2. The topological polar surface area (TPSA) is 149 Å². The van der Waals surface area contributed by atoms with Gasteiger partial charge in [-0.15, -0.1) is 29.5 Å². The van der Waals surface area contributed by atoms with Crippen LogP contribution < -0.4 is 10.6 Å². The second-order valence-electron chi connectivity index (χ2n) is 16.7. The van der Waals surface area contributed by atoms with Crippen LogP contribution in [-0.2, 0) is 39.0 Å². The number of hydrogen-bond acceptors (Lipinski definition) is 12. The summed E-state index contributed by atoms with van der Waals surface area (Å²) >= 11 is 2.58. The monoisotopic (exact) mass is 941 g/mol. The lowest BCUT2D eigenvalue weighted by atomic mass is 9.77. The van der Waals surface area contributed by atoms with E-state index in [0.29, 0.717) is 10.7 Å². The van der Waals surface area contributed by atoms with Gasteiger partial charge in [0.05, 0.1) is 0 Å². The molecule has 2 aliphatic heterocycles. The lowest BCUT2D eigenvalue weighted by Gasteiger charge is -2.49. The summed E-state index contributed by atoms with van der Waals surface area (Å²) in [6, 6.07) is 47.4. The number of hydrogen-bond donors (Lipinski definition) is 2. The van der Waals surface area contributed by atoms with Gasteiger partial charge >= 0.3 is 11.9 Å². The predicted molar refractivity (Wildman–Crippen MR) is 264 cm³/mol. The Bertz CT molecular complexity index is 2760. The molecular weight excluding hydrogens is 895 g/mol. The highest BCUT2D eigenvalue weighted by molar-refractivity contribution is 8.00. The number of nitrogens with one attached hydrogen (secondary N) is 2. The zero-order chi connectivity index (χ0) is 47.7. The van der Waals surface area contributed by atoms with E-state index in [9.17, 15) is 19.2 Å². The van der Waals surface area contributed by atoms with Gasteiger partial charge in [0.25, 0.3) is 11.8 Å². The second-order valence-corrected chi connectivity index (χ2v) is 18.6. The quantitative estimate of drug-likeness (QED) is 0.0241. The van der Waals surface area contributed by atoms with Crippen molar-refractivity contribution in [3.63, 3.8) is 0 Å². The molecule has 1 aromatic heterocycles. The molecule has 1 fully saturated rings. The number of thiazole rings is 1. The van der Waals surface area contributed by atoms with Crippen LogP contribution in [0.2, 0.25) is 0 Å². The number of terminal acetylenes is 1.